The third kappa shape index (κ3) is 5.33. The van der Waals surface area contributed by atoms with E-state index in [9.17, 15) is 19.8 Å². The van der Waals surface area contributed by atoms with Crippen molar-refractivity contribution in [1.82, 2.24) is 15.6 Å². The number of allylic oxidation sites excluding steroid dienone is 4. The van der Waals surface area contributed by atoms with E-state index >= 15 is 0 Å². The Morgan fingerprint density at radius 2 is 1.74 bits per heavy atom. The normalized spacial score (nSPS) is 26.4. The monoisotopic (exact) mass is 568 g/mol. The van der Waals surface area contributed by atoms with Gasteiger partial charge in [-0.25, -0.2) is 4.99 Å². The van der Waals surface area contributed by atoms with E-state index in [0.29, 0.717) is 12.8 Å². The summed E-state index contributed by atoms with van der Waals surface area (Å²) in [6.07, 6.45) is 13.2. The van der Waals surface area contributed by atoms with E-state index in [-0.39, 0.29) is 42.7 Å². The van der Waals surface area contributed by atoms with E-state index in [1.807, 2.05) is 25.2 Å². The molecule has 4 aliphatic rings. The van der Waals surface area contributed by atoms with Gasteiger partial charge in [-0.2, -0.15) is 0 Å². The number of nitrogens with one attached hydrogen (secondary N) is 3. The van der Waals surface area contributed by atoms with Gasteiger partial charge in [-0.05, 0) is 86.1 Å². The predicted octanol–water partition coefficient (Wildman–Crippen LogP) is 4.08. The molecule has 0 saturated carbocycles. The summed E-state index contributed by atoms with van der Waals surface area (Å²) in [5.41, 5.74) is 8.72. The van der Waals surface area contributed by atoms with Gasteiger partial charge in [0.25, 0.3) is 0 Å². The maximum atomic E-state index is 11.6. The zero-order valence-electron chi connectivity index (χ0n) is 24.8. The molecule has 0 aromatic carbocycles. The number of carboxylic acid groups (broad SMARTS) is 2. The van der Waals surface area contributed by atoms with Crippen LogP contribution in [0.25, 0.3) is 18.2 Å². The average molecular weight is 569 g/mol. The number of aromatic nitrogens is 1. The second-order valence-corrected chi connectivity index (χ2v) is 11.7. The van der Waals surface area contributed by atoms with E-state index in [2.05, 4.69) is 67.8 Å². The molecule has 5 heterocycles. The Kier molecular flexibility index (Phi) is 7.99. The molecular formula is C34H40N4O4. The molecule has 5 atom stereocenters. The van der Waals surface area contributed by atoms with Crippen LogP contribution < -0.4 is 21.3 Å². The largest absolute Gasteiger partial charge is 0.481 e. The third-order valence-corrected chi connectivity index (χ3v) is 9.32. The number of carbonyl (C=O) groups is 2. The van der Waals surface area contributed by atoms with Crippen LogP contribution in [0, 0.1) is 24.7 Å². The van der Waals surface area contributed by atoms with Crippen molar-refractivity contribution in [2.24, 2.45) is 22.7 Å². The number of aliphatic carboxylic acids is 2. The highest BCUT2D eigenvalue weighted by Crippen LogP contribution is 2.39. The van der Waals surface area contributed by atoms with E-state index in [0.717, 1.165) is 55.8 Å². The van der Waals surface area contributed by atoms with Gasteiger partial charge in [0.15, 0.2) is 0 Å². The fourth-order valence-corrected chi connectivity index (χ4v) is 6.78. The first kappa shape index (κ1) is 29.2. The molecule has 1 aromatic heterocycles. The Hall–Kier alpha value is -4.33. The number of aromatic amines is 1. The summed E-state index contributed by atoms with van der Waals surface area (Å²) >= 11 is 0. The second kappa shape index (κ2) is 11.5. The smallest absolute Gasteiger partial charge is 0.303 e. The zero-order valence-corrected chi connectivity index (χ0v) is 24.8. The molecule has 1 saturated heterocycles. The number of nitrogens with zero attached hydrogens (tertiary/aromatic N) is 1. The fourth-order valence-electron chi connectivity index (χ4n) is 6.78. The molecule has 0 radical (unpaired) electrons. The second-order valence-electron chi connectivity index (χ2n) is 11.7. The van der Waals surface area contributed by atoms with E-state index < -0.39 is 11.9 Å². The SMILES string of the molecule is C=Cc1c(C)c2[nH]c1=CC1=NC(=CC3NC(=CC4=C(C)C(C=C)C(C=2)N4)C(C)C3CCC(=O)O)C(CCC(=O)O)=C1C. The predicted molar refractivity (Wildman–Crippen MR) is 167 cm³/mol. The molecule has 5 unspecified atom stereocenters. The minimum absolute atomic E-state index is 0.00000692. The number of H-pyrrole nitrogens is 1. The highest BCUT2D eigenvalue weighted by molar-refractivity contribution is 6.23. The van der Waals surface area contributed by atoms with Gasteiger partial charge >= 0.3 is 11.9 Å². The summed E-state index contributed by atoms with van der Waals surface area (Å²) in [5.74, 6) is -1.46. The number of rotatable bonds is 8. The number of hydrogen-bond acceptors (Lipinski definition) is 5. The van der Waals surface area contributed by atoms with Crippen molar-refractivity contribution in [3.8, 4) is 0 Å². The Balaban J connectivity index is 1.74. The minimum atomic E-state index is -0.860. The summed E-state index contributed by atoms with van der Waals surface area (Å²) in [5, 5.41) is 28.3. The van der Waals surface area contributed by atoms with Crippen LogP contribution in [-0.4, -0.2) is 44.9 Å². The summed E-state index contributed by atoms with van der Waals surface area (Å²) < 4.78 is 0. The molecular weight excluding hydrogens is 528 g/mol. The van der Waals surface area contributed by atoms with Gasteiger partial charge in [0.2, 0.25) is 0 Å². The van der Waals surface area contributed by atoms with Crippen LogP contribution >= 0.6 is 0 Å². The molecule has 0 amide bonds. The van der Waals surface area contributed by atoms with Gasteiger partial charge in [0.1, 0.15) is 0 Å². The van der Waals surface area contributed by atoms with Gasteiger partial charge in [0.05, 0.1) is 17.5 Å². The van der Waals surface area contributed by atoms with Crippen molar-refractivity contribution in [2.45, 2.75) is 65.5 Å². The van der Waals surface area contributed by atoms with Gasteiger partial charge in [-0.1, -0.05) is 25.7 Å². The summed E-state index contributed by atoms with van der Waals surface area (Å²) in [7, 11) is 0. The fraction of sp³-hybridized carbons (Fsp3) is 0.382. The van der Waals surface area contributed by atoms with Crippen molar-refractivity contribution in [3.63, 3.8) is 0 Å². The van der Waals surface area contributed by atoms with Crippen LogP contribution in [0.5, 0.6) is 0 Å². The Bertz CT molecular complexity index is 1650. The minimum Gasteiger partial charge on any atom is -0.481 e. The summed E-state index contributed by atoms with van der Waals surface area (Å²) in [6, 6.07) is -0.160. The van der Waals surface area contributed by atoms with Crippen LogP contribution in [0.3, 0.4) is 0 Å². The van der Waals surface area contributed by atoms with Crippen LogP contribution in [-0.2, 0) is 9.59 Å². The molecule has 8 nitrogen and oxygen atoms in total. The van der Waals surface area contributed by atoms with Crippen LogP contribution in [0.1, 0.15) is 57.6 Å². The van der Waals surface area contributed by atoms with E-state index in [1.54, 1.807) is 0 Å². The number of hydrogen-bond donors (Lipinski definition) is 5. The highest BCUT2D eigenvalue weighted by Gasteiger charge is 2.38. The lowest BCUT2D eigenvalue weighted by Gasteiger charge is -2.19. The lowest BCUT2D eigenvalue weighted by atomic mass is 9.85. The first-order valence-corrected chi connectivity index (χ1v) is 14.6. The molecule has 8 heteroatoms. The lowest BCUT2D eigenvalue weighted by molar-refractivity contribution is -0.138. The molecule has 5 N–H and O–H groups in total. The summed E-state index contributed by atoms with van der Waals surface area (Å²) in [6.45, 7) is 16.5. The molecule has 8 bridgehead atoms. The Morgan fingerprint density at radius 1 is 1.00 bits per heavy atom. The van der Waals surface area contributed by atoms with Gasteiger partial charge in [-0.3, -0.25) is 9.59 Å². The van der Waals surface area contributed by atoms with Crippen LogP contribution in [0.15, 0.2) is 70.2 Å². The topological polar surface area (TPSA) is 127 Å². The van der Waals surface area contributed by atoms with E-state index in [4.69, 9.17) is 4.99 Å². The van der Waals surface area contributed by atoms with Crippen molar-refractivity contribution in [1.29, 1.82) is 0 Å². The van der Waals surface area contributed by atoms with E-state index in [1.165, 1.54) is 5.57 Å². The maximum absolute atomic E-state index is 11.6. The quantitative estimate of drug-likeness (QED) is 0.301. The van der Waals surface area contributed by atoms with Gasteiger partial charge in [0, 0.05) is 58.4 Å². The van der Waals surface area contributed by atoms with Gasteiger partial charge in [-0.15, -0.1) is 6.58 Å². The molecule has 4 aliphatic heterocycles. The molecule has 1 aromatic rings. The molecule has 0 aliphatic carbocycles. The van der Waals surface area contributed by atoms with Crippen molar-refractivity contribution in [3.05, 3.63) is 87.0 Å². The Labute approximate surface area is 246 Å². The number of carboxylic acids is 2. The van der Waals surface area contributed by atoms with Gasteiger partial charge < -0.3 is 25.8 Å². The molecule has 220 valence electrons. The van der Waals surface area contributed by atoms with Crippen LogP contribution in [0.2, 0.25) is 0 Å². The number of fused-ring (bicyclic) bond motifs is 7. The van der Waals surface area contributed by atoms with Crippen molar-refractivity contribution < 1.29 is 19.8 Å². The molecule has 42 heavy (non-hydrogen) atoms. The first-order valence-electron chi connectivity index (χ1n) is 14.6. The average Bonchev–Trinajstić information content (AvgIpc) is 3.59. The number of aliphatic imine (C=N–C) groups is 1. The lowest BCUT2D eigenvalue weighted by Crippen LogP contribution is -2.29. The molecule has 1 fully saturated rings. The molecule has 0 spiro atoms. The summed E-state index contributed by atoms with van der Waals surface area (Å²) in [4.78, 5) is 31.7. The third-order valence-electron chi connectivity index (χ3n) is 9.32. The first-order chi connectivity index (χ1) is 20.0. The highest BCUT2D eigenvalue weighted by atomic mass is 16.4. The standard InChI is InChI=1S/C34H40N4O4/c1-7-21-17(3)25-13-26-19(5)23(9-11-33(39)40)31(37-26)16-32-24(10-12-34(41)42)20(6)28(38-32)15-30-22(8-2)18(4)27(36-30)14-29(21)35-25/h7-8,13-16,19,21,23,29,31,35-37H,1-2,9-12H2,3-6H3,(H,39,40)(H,41,42). The van der Waals surface area contributed by atoms with Crippen molar-refractivity contribution >= 4 is 35.9 Å². The zero-order chi connectivity index (χ0) is 30.3. The molecule has 5 rings (SSSR count). The maximum Gasteiger partial charge on any atom is 0.303 e. The van der Waals surface area contributed by atoms with Crippen LogP contribution in [0.4, 0.5) is 0 Å². The van der Waals surface area contributed by atoms with Crippen molar-refractivity contribution in [2.75, 3.05) is 0 Å². The Morgan fingerprint density at radius 3 is 2.40 bits per heavy atom.